The molecular formula is C20H38O4. The van der Waals surface area contributed by atoms with Crippen molar-refractivity contribution in [2.45, 2.75) is 110 Å². The number of unbranched alkanes of at least 4 members (excludes halogenated alkanes) is 10. The quantitative estimate of drug-likeness (QED) is 0.314. The summed E-state index contributed by atoms with van der Waals surface area (Å²) in [7, 11) is 0. The molecule has 4 nitrogen and oxygen atoms in total. The molecule has 0 saturated carbocycles. The molecule has 0 amide bonds. The minimum Gasteiger partial charge on any atom is -0.463 e. The highest BCUT2D eigenvalue weighted by atomic mass is 16.7. The Morgan fingerprint density at radius 1 is 0.958 bits per heavy atom. The Morgan fingerprint density at radius 2 is 1.50 bits per heavy atom. The standard InChI is InChI=1S/C20H38O4/c1-4-5-6-7-8-9-10-11-12-13-14-15-19(21)22-16-18-17-23-20(2,3)24-18/h18H,4-17H2,1-3H3/t18-/m1/s1. The van der Waals surface area contributed by atoms with Crippen molar-refractivity contribution in [2.24, 2.45) is 0 Å². The van der Waals surface area contributed by atoms with Crippen LogP contribution in [0.25, 0.3) is 0 Å². The van der Waals surface area contributed by atoms with E-state index in [-0.39, 0.29) is 12.1 Å². The molecule has 0 bridgehead atoms. The third kappa shape index (κ3) is 11.0. The van der Waals surface area contributed by atoms with E-state index in [9.17, 15) is 4.79 Å². The van der Waals surface area contributed by atoms with Gasteiger partial charge in [-0.15, -0.1) is 0 Å². The van der Waals surface area contributed by atoms with Crippen molar-refractivity contribution < 1.29 is 19.0 Å². The Bertz CT molecular complexity index is 328. The molecule has 1 heterocycles. The molecule has 1 atom stereocenters. The second-order valence-electron chi connectivity index (χ2n) is 7.42. The third-order valence-corrected chi connectivity index (χ3v) is 4.48. The molecule has 1 aliphatic heterocycles. The van der Waals surface area contributed by atoms with E-state index in [0.29, 0.717) is 19.6 Å². The van der Waals surface area contributed by atoms with Gasteiger partial charge in [-0.1, -0.05) is 71.1 Å². The van der Waals surface area contributed by atoms with Gasteiger partial charge in [-0.3, -0.25) is 4.79 Å². The highest BCUT2D eigenvalue weighted by molar-refractivity contribution is 5.69. The molecule has 24 heavy (non-hydrogen) atoms. The lowest BCUT2D eigenvalue weighted by atomic mass is 10.1. The maximum Gasteiger partial charge on any atom is 0.305 e. The SMILES string of the molecule is CCCCCCCCCCCCCC(=O)OC[C@@H]1COC(C)(C)O1. The molecule has 0 radical (unpaired) electrons. The summed E-state index contributed by atoms with van der Waals surface area (Å²) < 4.78 is 16.3. The van der Waals surface area contributed by atoms with E-state index in [1.54, 1.807) is 0 Å². The summed E-state index contributed by atoms with van der Waals surface area (Å²) >= 11 is 0. The largest absolute Gasteiger partial charge is 0.463 e. The molecule has 0 N–H and O–H groups in total. The highest BCUT2D eigenvalue weighted by Crippen LogP contribution is 2.22. The van der Waals surface area contributed by atoms with Crippen molar-refractivity contribution in [1.82, 2.24) is 0 Å². The summed E-state index contributed by atoms with van der Waals surface area (Å²) in [4.78, 5) is 11.7. The zero-order valence-electron chi connectivity index (χ0n) is 16.1. The molecule has 142 valence electrons. The molecule has 0 aliphatic carbocycles. The minimum absolute atomic E-state index is 0.112. The highest BCUT2D eigenvalue weighted by Gasteiger charge is 2.33. The molecule has 0 unspecified atom stereocenters. The smallest absolute Gasteiger partial charge is 0.305 e. The fourth-order valence-electron chi connectivity index (χ4n) is 3.04. The van der Waals surface area contributed by atoms with Gasteiger partial charge < -0.3 is 14.2 Å². The number of carbonyl (C=O) groups is 1. The first-order chi connectivity index (χ1) is 11.5. The lowest BCUT2D eigenvalue weighted by Gasteiger charge is -2.16. The Morgan fingerprint density at radius 3 is 2.00 bits per heavy atom. The van der Waals surface area contributed by atoms with Gasteiger partial charge in [0.15, 0.2) is 5.79 Å². The van der Waals surface area contributed by atoms with Crippen LogP contribution >= 0.6 is 0 Å². The topological polar surface area (TPSA) is 44.8 Å². The van der Waals surface area contributed by atoms with Gasteiger partial charge in [0.05, 0.1) is 6.61 Å². The van der Waals surface area contributed by atoms with E-state index in [1.807, 2.05) is 13.8 Å². The van der Waals surface area contributed by atoms with Crippen molar-refractivity contribution >= 4 is 5.97 Å². The Balaban J connectivity index is 1.83. The number of hydrogen-bond acceptors (Lipinski definition) is 4. The van der Waals surface area contributed by atoms with E-state index in [2.05, 4.69) is 6.92 Å². The molecule has 0 aromatic rings. The third-order valence-electron chi connectivity index (χ3n) is 4.48. The summed E-state index contributed by atoms with van der Waals surface area (Å²) in [6.07, 6.45) is 14.6. The van der Waals surface area contributed by atoms with E-state index in [1.165, 1.54) is 57.8 Å². The number of rotatable bonds is 14. The van der Waals surface area contributed by atoms with Crippen LogP contribution in [0.1, 0.15) is 97.8 Å². The molecule has 0 aromatic carbocycles. The van der Waals surface area contributed by atoms with Gasteiger partial charge in [-0.2, -0.15) is 0 Å². The fraction of sp³-hybridized carbons (Fsp3) is 0.950. The molecule has 1 aliphatic rings. The van der Waals surface area contributed by atoms with Gasteiger partial charge in [0.25, 0.3) is 0 Å². The Labute approximate surface area is 148 Å². The van der Waals surface area contributed by atoms with Crippen LogP contribution in [0, 0.1) is 0 Å². The molecule has 0 spiro atoms. The number of esters is 1. The molecule has 1 rings (SSSR count). The zero-order valence-corrected chi connectivity index (χ0v) is 16.1. The van der Waals surface area contributed by atoms with Crippen LogP contribution in [0.15, 0.2) is 0 Å². The first-order valence-electron chi connectivity index (χ1n) is 10.0. The summed E-state index contributed by atoms with van der Waals surface area (Å²) in [5, 5.41) is 0. The van der Waals surface area contributed by atoms with Crippen LogP contribution in [-0.4, -0.2) is 31.1 Å². The number of hydrogen-bond donors (Lipinski definition) is 0. The summed E-state index contributed by atoms with van der Waals surface area (Å²) in [6.45, 7) is 6.81. The van der Waals surface area contributed by atoms with E-state index in [0.717, 1.165) is 12.8 Å². The number of ether oxygens (including phenoxy) is 3. The monoisotopic (exact) mass is 342 g/mol. The molecular weight excluding hydrogens is 304 g/mol. The Hall–Kier alpha value is -0.610. The van der Waals surface area contributed by atoms with Crippen molar-refractivity contribution in [3.8, 4) is 0 Å². The molecule has 0 aromatic heterocycles. The molecule has 4 heteroatoms. The molecule has 1 fully saturated rings. The lowest BCUT2D eigenvalue weighted by Crippen LogP contribution is -2.25. The van der Waals surface area contributed by atoms with Gasteiger partial charge in [0.2, 0.25) is 0 Å². The summed E-state index contributed by atoms with van der Waals surface area (Å²) in [5.41, 5.74) is 0. The zero-order chi connectivity index (χ0) is 17.7. The van der Waals surface area contributed by atoms with Crippen LogP contribution in [0.5, 0.6) is 0 Å². The van der Waals surface area contributed by atoms with Gasteiger partial charge in [-0.25, -0.2) is 0 Å². The van der Waals surface area contributed by atoms with Gasteiger partial charge in [0, 0.05) is 6.42 Å². The van der Waals surface area contributed by atoms with Gasteiger partial charge in [0.1, 0.15) is 12.7 Å². The first-order valence-corrected chi connectivity index (χ1v) is 10.0. The predicted octanol–water partition coefficient (Wildman–Crippen LogP) is 5.38. The predicted molar refractivity (Wildman–Crippen MR) is 96.9 cm³/mol. The number of carbonyl (C=O) groups excluding carboxylic acids is 1. The van der Waals surface area contributed by atoms with Crippen LogP contribution in [0.2, 0.25) is 0 Å². The second kappa shape index (κ2) is 12.7. The van der Waals surface area contributed by atoms with Crippen molar-refractivity contribution in [3.05, 3.63) is 0 Å². The first kappa shape index (κ1) is 21.4. The second-order valence-corrected chi connectivity index (χ2v) is 7.42. The average Bonchev–Trinajstić information content (AvgIpc) is 2.90. The fourth-order valence-corrected chi connectivity index (χ4v) is 3.04. The summed E-state index contributed by atoms with van der Waals surface area (Å²) in [6, 6.07) is 0. The van der Waals surface area contributed by atoms with Gasteiger partial charge in [-0.05, 0) is 20.3 Å². The summed E-state index contributed by atoms with van der Waals surface area (Å²) in [5.74, 6) is -0.660. The van der Waals surface area contributed by atoms with E-state index < -0.39 is 5.79 Å². The van der Waals surface area contributed by atoms with Crippen molar-refractivity contribution in [3.63, 3.8) is 0 Å². The minimum atomic E-state index is -0.549. The van der Waals surface area contributed by atoms with Crippen molar-refractivity contribution in [1.29, 1.82) is 0 Å². The average molecular weight is 343 g/mol. The maximum atomic E-state index is 11.7. The normalized spacial score (nSPS) is 19.5. The van der Waals surface area contributed by atoms with Gasteiger partial charge >= 0.3 is 5.97 Å². The lowest BCUT2D eigenvalue weighted by molar-refractivity contribution is -0.158. The van der Waals surface area contributed by atoms with Crippen LogP contribution in [0.3, 0.4) is 0 Å². The van der Waals surface area contributed by atoms with E-state index >= 15 is 0 Å². The van der Waals surface area contributed by atoms with Crippen molar-refractivity contribution in [2.75, 3.05) is 13.2 Å². The maximum absolute atomic E-state index is 11.7. The van der Waals surface area contributed by atoms with E-state index in [4.69, 9.17) is 14.2 Å². The van der Waals surface area contributed by atoms with Crippen LogP contribution < -0.4 is 0 Å². The van der Waals surface area contributed by atoms with Crippen LogP contribution in [0.4, 0.5) is 0 Å². The van der Waals surface area contributed by atoms with Crippen LogP contribution in [-0.2, 0) is 19.0 Å². The molecule has 1 saturated heterocycles. The Kier molecular flexibility index (Phi) is 11.4.